The maximum Gasteiger partial charge on any atom is 0.255 e. The summed E-state index contributed by atoms with van der Waals surface area (Å²) < 4.78 is 17.6. The van der Waals surface area contributed by atoms with Gasteiger partial charge in [0.05, 0.1) is 12.3 Å². The molecule has 3 aromatic carbocycles. The Hall–Kier alpha value is -4.40. The maximum absolute atomic E-state index is 12.9. The van der Waals surface area contributed by atoms with Gasteiger partial charge >= 0.3 is 0 Å². The number of carbonyl (C=O) groups excluding carboxylic acids is 1. The lowest BCUT2D eigenvalue weighted by molar-refractivity contribution is 0.0856. The highest BCUT2D eigenvalue weighted by molar-refractivity contribution is 6.05. The molecule has 2 N–H and O–H groups in total. The maximum atomic E-state index is 12.9. The summed E-state index contributed by atoms with van der Waals surface area (Å²) in [4.78, 5) is 12.9. The van der Waals surface area contributed by atoms with Crippen LogP contribution in [0.4, 0.5) is 5.69 Å². The molecule has 1 amide bonds. The van der Waals surface area contributed by atoms with Crippen molar-refractivity contribution in [1.29, 1.82) is 0 Å². The van der Waals surface area contributed by atoms with Crippen molar-refractivity contribution >= 4 is 11.6 Å². The van der Waals surface area contributed by atoms with Crippen molar-refractivity contribution in [1.82, 2.24) is 20.6 Å². The summed E-state index contributed by atoms with van der Waals surface area (Å²) in [6.07, 6.45) is 2.56. The molecule has 178 valence electrons. The van der Waals surface area contributed by atoms with Crippen LogP contribution in [0.5, 0.6) is 17.2 Å². The summed E-state index contributed by atoms with van der Waals surface area (Å²) in [6, 6.07) is 22.9. The molecule has 4 aromatic rings. The first-order valence-corrected chi connectivity index (χ1v) is 11.5. The van der Waals surface area contributed by atoms with Crippen LogP contribution >= 0.6 is 0 Å². The molecule has 0 spiro atoms. The zero-order valence-electron chi connectivity index (χ0n) is 19.0. The topological polar surface area (TPSA) is 111 Å². The van der Waals surface area contributed by atoms with Crippen LogP contribution in [0.15, 0.2) is 72.8 Å². The number of aromatic nitrogens is 4. The minimum Gasteiger partial charge on any atom is -0.494 e. The Bertz CT molecular complexity index is 1250. The van der Waals surface area contributed by atoms with Gasteiger partial charge in [-0.05, 0) is 71.7 Å². The highest BCUT2D eigenvalue weighted by atomic mass is 16.6. The molecular formula is C26H25N5O4. The number of nitrogens with one attached hydrogen (secondary N) is 2. The number of tetrazole rings is 1. The highest BCUT2D eigenvalue weighted by Gasteiger charge is 2.28. The van der Waals surface area contributed by atoms with Gasteiger partial charge in [-0.25, -0.2) is 5.10 Å². The van der Waals surface area contributed by atoms with Crippen molar-refractivity contribution in [3.05, 3.63) is 89.7 Å². The van der Waals surface area contributed by atoms with E-state index in [1.807, 2.05) is 6.07 Å². The highest BCUT2D eigenvalue weighted by Crippen LogP contribution is 2.41. The van der Waals surface area contributed by atoms with E-state index in [9.17, 15) is 4.79 Å². The second-order valence-corrected chi connectivity index (χ2v) is 8.11. The number of nitrogens with zero attached hydrogens (tertiary/aromatic N) is 3. The summed E-state index contributed by atoms with van der Waals surface area (Å²) in [5, 5.41) is 16.6. The lowest BCUT2D eigenvalue weighted by Gasteiger charge is -2.26. The Kier molecular flexibility index (Phi) is 6.84. The molecule has 2 heterocycles. The van der Waals surface area contributed by atoms with E-state index < -0.39 is 6.10 Å². The Morgan fingerprint density at radius 1 is 1.03 bits per heavy atom. The average molecular weight is 472 g/mol. The molecule has 1 unspecified atom stereocenters. The number of amides is 1. The zero-order valence-corrected chi connectivity index (χ0v) is 19.0. The Morgan fingerprint density at radius 3 is 2.69 bits per heavy atom. The number of anilines is 1. The molecule has 1 aliphatic heterocycles. The van der Waals surface area contributed by atoms with Crippen LogP contribution in [0.3, 0.4) is 0 Å². The SMILES string of the molecule is O=C(Nc1cccc2c1OC(c1nnn[nH]1)CO2)c1ccc(OCCCCc2ccccc2)cc1. The van der Waals surface area contributed by atoms with Gasteiger partial charge in [-0.1, -0.05) is 36.4 Å². The van der Waals surface area contributed by atoms with Gasteiger partial charge in [0.2, 0.25) is 0 Å². The molecule has 5 rings (SSSR count). The van der Waals surface area contributed by atoms with Gasteiger partial charge in [-0.2, -0.15) is 0 Å². The summed E-state index contributed by atoms with van der Waals surface area (Å²) in [6.45, 7) is 0.892. The fourth-order valence-electron chi connectivity index (χ4n) is 3.79. The Morgan fingerprint density at radius 2 is 1.89 bits per heavy atom. The fraction of sp³-hybridized carbons (Fsp3) is 0.231. The van der Waals surface area contributed by atoms with Crippen LogP contribution < -0.4 is 19.5 Å². The van der Waals surface area contributed by atoms with E-state index in [1.54, 1.807) is 42.5 Å². The average Bonchev–Trinajstić information content (AvgIpc) is 3.45. The first-order chi connectivity index (χ1) is 17.3. The summed E-state index contributed by atoms with van der Waals surface area (Å²) >= 11 is 0. The molecule has 0 fully saturated rings. The monoisotopic (exact) mass is 471 g/mol. The minimum absolute atomic E-state index is 0.259. The third-order valence-corrected chi connectivity index (χ3v) is 5.63. The van der Waals surface area contributed by atoms with E-state index >= 15 is 0 Å². The van der Waals surface area contributed by atoms with E-state index in [-0.39, 0.29) is 12.5 Å². The number of carbonyl (C=O) groups is 1. The quantitative estimate of drug-likeness (QED) is 0.349. The molecular weight excluding hydrogens is 446 g/mol. The normalized spacial score (nSPS) is 14.3. The van der Waals surface area contributed by atoms with Gasteiger partial charge in [0.25, 0.3) is 5.91 Å². The summed E-state index contributed by atoms with van der Waals surface area (Å²) in [7, 11) is 0. The standard InChI is InChI=1S/C26H25N5O4/c32-26(19-12-14-20(15-13-19)33-16-5-4-9-18-7-2-1-3-8-18)27-21-10-6-11-22-24(21)35-23(17-34-22)25-28-30-31-29-25/h1-3,6-8,10-15,23H,4-5,9,16-17H2,(H,27,32)(H,28,29,30,31). The lowest BCUT2D eigenvalue weighted by Crippen LogP contribution is -2.24. The number of para-hydroxylation sites is 1. The number of aryl methyl sites for hydroxylation is 1. The number of rotatable bonds is 9. The molecule has 0 saturated heterocycles. The summed E-state index contributed by atoms with van der Waals surface area (Å²) in [5.41, 5.74) is 2.35. The first kappa shape index (κ1) is 22.4. The van der Waals surface area contributed by atoms with Gasteiger partial charge in [0.1, 0.15) is 12.4 Å². The number of unbranched alkanes of at least 4 members (excludes halogenated alkanes) is 1. The molecule has 9 nitrogen and oxygen atoms in total. The van der Waals surface area contributed by atoms with Crippen LogP contribution in [0.1, 0.15) is 40.7 Å². The van der Waals surface area contributed by atoms with Crippen molar-refractivity contribution in [3.8, 4) is 17.2 Å². The van der Waals surface area contributed by atoms with E-state index in [2.05, 4.69) is 50.2 Å². The molecule has 1 aliphatic rings. The van der Waals surface area contributed by atoms with E-state index in [0.717, 1.165) is 25.0 Å². The third-order valence-electron chi connectivity index (χ3n) is 5.63. The minimum atomic E-state index is -0.500. The van der Waals surface area contributed by atoms with Gasteiger partial charge in [0, 0.05) is 5.56 Å². The van der Waals surface area contributed by atoms with Crippen molar-refractivity contribution in [2.24, 2.45) is 0 Å². The molecule has 1 atom stereocenters. The Balaban J connectivity index is 1.14. The number of aromatic amines is 1. The van der Waals surface area contributed by atoms with Gasteiger partial charge in [-0.3, -0.25) is 4.79 Å². The lowest BCUT2D eigenvalue weighted by atomic mass is 10.1. The first-order valence-electron chi connectivity index (χ1n) is 11.5. The van der Waals surface area contributed by atoms with Crippen LogP contribution in [0.25, 0.3) is 0 Å². The molecule has 35 heavy (non-hydrogen) atoms. The fourth-order valence-corrected chi connectivity index (χ4v) is 3.79. The number of benzene rings is 3. The molecule has 0 radical (unpaired) electrons. The zero-order chi connectivity index (χ0) is 23.9. The second-order valence-electron chi connectivity index (χ2n) is 8.11. The van der Waals surface area contributed by atoms with Crippen LogP contribution in [-0.2, 0) is 6.42 Å². The molecule has 0 saturated carbocycles. The van der Waals surface area contributed by atoms with Crippen molar-refractivity contribution in [2.45, 2.75) is 25.4 Å². The van der Waals surface area contributed by atoms with Gasteiger partial charge < -0.3 is 19.5 Å². The van der Waals surface area contributed by atoms with Crippen molar-refractivity contribution < 1.29 is 19.0 Å². The molecule has 0 aliphatic carbocycles. The van der Waals surface area contributed by atoms with Gasteiger partial charge in [0.15, 0.2) is 23.4 Å². The van der Waals surface area contributed by atoms with Gasteiger partial charge in [-0.15, -0.1) is 5.10 Å². The van der Waals surface area contributed by atoms with E-state index in [4.69, 9.17) is 14.2 Å². The van der Waals surface area contributed by atoms with E-state index in [0.29, 0.717) is 35.2 Å². The predicted octanol–water partition coefficient (Wildman–Crippen LogP) is 4.37. The smallest absolute Gasteiger partial charge is 0.255 e. The van der Waals surface area contributed by atoms with E-state index in [1.165, 1.54) is 5.56 Å². The van der Waals surface area contributed by atoms with Crippen molar-refractivity contribution in [2.75, 3.05) is 18.5 Å². The number of hydrogen-bond acceptors (Lipinski definition) is 7. The molecule has 0 bridgehead atoms. The molecule has 1 aromatic heterocycles. The molecule has 9 heteroatoms. The van der Waals surface area contributed by atoms with Crippen LogP contribution in [0, 0.1) is 0 Å². The number of fused-ring (bicyclic) bond motifs is 1. The van der Waals surface area contributed by atoms with Crippen molar-refractivity contribution in [3.63, 3.8) is 0 Å². The van der Waals surface area contributed by atoms with Crippen LogP contribution in [-0.4, -0.2) is 39.7 Å². The second kappa shape index (κ2) is 10.7. The number of ether oxygens (including phenoxy) is 3. The predicted molar refractivity (Wildman–Crippen MR) is 129 cm³/mol. The number of H-pyrrole nitrogens is 1. The summed E-state index contributed by atoms with van der Waals surface area (Å²) in [5.74, 6) is 1.90. The van der Waals surface area contributed by atoms with Crippen LogP contribution in [0.2, 0.25) is 0 Å². The Labute approximate surface area is 202 Å². The third kappa shape index (κ3) is 5.57. The number of hydrogen-bond donors (Lipinski definition) is 2. The largest absolute Gasteiger partial charge is 0.494 e.